The number of nitrogens with one attached hydrogen (secondary N) is 1. The molecular formula is C10H13N2O5P. The number of nitrogens with zero attached hydrogens (tertiary/aromatic N) is 1. The van der Waals surface area contributed by atoms with Gasteiger partial charge in [0, 0.05) is 14.1 Å². The molecule has 2 amide bonds. The Labute approximate surface area is 104 Å². The molecule has 0 radical (unpaired) electrons. The van der Waals surface area contributed by atoms with E-state index in [9.17, 15) is 19.0 Å². The van der Waals surface area contributed by atoms with Gasteiger partial charge in [0.15, 0.2) is 0 Å². The van der Waals surface area contributed by atoms with E-state index in [4.69, 9.17) is 4.52 Å². The number of carbonyl (C=O) groups is 2. The molecule has 0 aliphatic rings. The first kappa shape index (κ1) is 14.2. The largest absolute Gasteiger partial charge is 0.488 e. The fraction of sp³-hybridized carbons (Fsp3) is 0.200. The quantitative estimate of drug-likeness (QED) is 0.612. The van der Waals surface area contributed by atoms with Gasteiger partial charge >= 0.3 is 19.6 Å². The number of benzene rings is 1. The second-order valence-electron chi connectivity index (χ2n) is 3.30. The highest BCUT2D eigenvalue weighted by Gasteiger charge is 2.35. The molecule has 0 saturated carbocycles. The second-order valence-corrected chi connectivity index (χ2v) is 5.07. The molecule has 1 unspecified atom stereocenters. The van der Waals surface area contributed by atoms with Crippen molar-refractivity contribution >= 4 is 19.6 Å². The molecule has 1 rings (SSSR count). The molecule has 1 atom stereocenters. The molecule has 0 fully saturated rings. The predicted octanol–water partition coefficient (Wildman–Crippen LogP) is 0.370. The van der Waals surface area contributed by atoms with Crippen molar-refractivity contribution in [3.63, 3.8) is 0 Å². The summed E-state index contributed by atoms with van der Waals surface area (Å²) in [5.41, 5.74) is 0. The Hall–Kier alpha value is -1.85. The molecule has 0 spiro atoms. The van der Waals surface area contributed by atoms with Crippen LogP contribution in [0, 0.1) is 0 Å². The second kappa shape index (κ2) is 5.66. The van der Waals surface area contributed by atoms with Crippen molar-refractivity contribution in [3.05, 3.63) is 30.3 Å². The number of para-hydroxylation sites is 1. The number of carbonyl (C=O) groups excluding carboxylic acids is 2. The summed E-state index contributed by atoms with van der Waals surface area (Å²) in [6.45, 7) is 0. The summed E-state index contributed by atoms with van der Waals surface area (Å²) in [4.78, 5) is 32.1. The lowest BCUT2D eigenvalue weighted by atomic mass is 10.3. The van der Waals surface area contributed by atoms with Gasteiger partial charge in [-0.2, -0.15) is 0 Å². The number of amides is 2. The van der Waals surface area contributed by atoms with Crippen LogP contribution in [0.3, 0.4) is 0 Å². The van der Waals surface area contributed by atoms with Gasteiger partial charge in [-0.05, 0) is 12.1 Å². The molecule has 98 valence electrons. The van der Waals surface area contributed by atoms with Gasteiger partial charge in [0.25, 0.3) is 0 Å². The molecule has 0 aliphatic heterocycles. The summed E-state index contributed by atoms with van der Waals surface area (Å²) in [5, 5.41) is 2.06. The molecule has 8 heteroatoms. The number of hydrogen-bond donors (Lipinski definition) is 2. The highest BCUT2D eigenvalue weighted by molar-refractivity contribution is 7.51. The minimum Gasteiger partial charge on any atom is -0.409 e. The molecule has 18 heavy (non-hydrogen) atoms. The van der Waals surface area contributed by atoms with Crippen LogP contribution in [-0.2, 0) is 14.2 Å². The molecule has 0 saturated heterocycles. The monoisotopic (exact) mass is 272 g/mol. The first-order valence-electron chi connectivity index (χ1n) is 4.96. The highest BCUT2D eigenvalue weighted by atomic mass is 31.2. The Bertz CT molecular complexity index is 490. The zero-order chi connectivity index (χ0) is 13.8. The lowest BCUT2D eigenvalue weighted by Gasteiger charge is -2.21. The third kappa shape index (κ3) is 3.32. The Morgan fingerprint density at radius 2 is 1.89 bits per heavy atom. The van der Waals surface area contributed by atoms with Crippen LogP contribution < -0.4 is 9.84 Å². The lowest BCUT2D eigenvalue weighted by Crippen LogP contribution is -2.38. The van der Waals surface area contributed by atoms with Crippen LogP contribution in [-0.4, -0.2) is 35.5 Å². The minimum atomic E-state index is -4.41. The SMILES string of the molecule is CNC(=O)C(=O)N(C)P(=O)(O)Oc1ccccc1. The van der Waals surface area contributed by atoms with Gasteiger partial charge in [0.1, 0.15) is 5.75 Å². The van der Waals surface area contributed by atoms with E-state index < -0.39 is 19.6 Å². The fourth-order valence-electron chi connectivity index (χ4n) is 1.05. The third-order valence-corrected chi connectivity index (χ3v) is 3.45. The number of rotatable bonds is 3. The van der Waals surface area contributed by atoms with Gasteiger partial charge in [-0.15, -0.1) is 0 Å². The van der Waals surface area contributed by atoms with Crippen LogP contribution in [0.15, 0.2) is 30.3 Å². The Morgan fingerprint density at radius 1 is 1.33 bits per heavy atom. The third-order valence-electron chi connectivity index (χ3n) is 2.06. The van der Waals surface area contributed by atoms with E-state index >= 15 is 0 Å². The molecule has 1 aromatic rings. The Balaban J connectivity index is 2.84. The molecule has 0 aliphatic carbocycles. The Morgan fingerprint density at radius 3 is 2.39 bits per heavy atom. The van der Waals surface area contributed by atoms with E-state index in [2.05, 4.69) is 5.32 Å². The van der Waals surface area contributed by atoms with Crippen LogP contribution in [0.4, 0.5) is 0 Å². The topological polar surface area (TPSA) is 95.9 Å². The van der Waals surface area contributed by atoms with Gasteiger partial charge < -0.3 is 9.84 Å². The van der Waals surface area contributed by atoms with Crippen molar-refractivity contribution in [3.8, 4) is 5.75 Å². The fourth-order valence-corrected chi connectivity index (χ4v) is 1.89. The molecule has 2 N–H and O–H groups in total. The Kier molecular flexibility index (Phi) is 4.47. The summed E-state index contributed by atoms with van der Waals surface area (Å²) >= 11 is 0. The molecule has 1 aromatic carbocycles. The van der Waals surface area contributed by atoms with E-state index in [1.54, 1.807) is 18.2 Å². The van der Waals surface area contributed by atoms with Crippen molar-refractivity contribution in [1.29, 1.82) is 0 Å². The van der Waals surface area contributed by atoms with Crippen LogP contribution in [0.1, 0.15) is 0 Å². The molecule has 0 aromatic heterocycles. The van der Waals surface area contributed by atoms with Crippen molar-refractivity contribution in [2.24, 2.45) is 0 Å². The molecule has 7 nitrogen and oxygen atoms in total. The lowest BCUT2D eigenvalue weighted by molar-refractivity contribution is -0.142. The van der Waals surface area contributed by atoms with Crippen LogP contribution in [0.25, 0.3) is 0 Å². The first-order chi connectivity index (χ1) is 8.38. The van der Waals surface area contributed by atoms with Crippen LogP contribution >= 0.6 is 7.75 Å². The van der Waals surface area contributed by atoms with Gasteiger partial charge in [-0.3, -0.25) is 14.5 Å². The van der Waals surface area contributed by atoms with Gasteiger partial charge in [0.05, 0.1) is 0 Å². The van der Waals surface area contributed by atoms with Crippen molar-refractivity contribution in [2.45, 2.75) is 0 Å². The van der Waals surface area contributed by atoms with E-state index in [0.717, 1.165) is 7.05 Å². The van der Waals surface area contributed by atoms with Gasteiger partial charge in [-0.25, -0.2) is 9.24 Å². The maximum atomic E-state index is 11.8. The summed E-state index contributed by atoms with van der Waals surface area (Å²) in [5.74, 6) is -2.03. The van der Waals surface area contributed by atoms with E-state index in [1.807, 2.05) is 0 Å². The van der Waals surface area contributed by atoms with Crippen molar-refractivity contribution in [2.75, 3.05) is 14.1 Å². The zero-order valence-electron chi connectivity index (χ0n) is 9.86. The summed E-state index contributed by atoms with van der Waals surface area (Å²) in [6, 6.07) is 7.84. The van der Waals surface area contributed by atoms with E-state index in [-0.39, 0.29) is 5.75 Å². The average Bonchev–Trinajstić information content (AvgIpc) is 2.36. The van der Waals surface area contributed by atoms with Gasteiger partial charge in [-0.1, -0.05) is 18.2 Å². The first-order valence-corrected chi connectivity index (χ1v) is 6.49. The summed E-state index contributed by atoms with van der Waals surface area (Å²) in [6.07, 6.45) is 0. The number of likely N-dealkylation sites (N-methyl/N-ethyl adjacent to an activating group) is 2. The van der Waals surface area contributed by atoms with Crippen LogP contribution in [0.2, 0.25) is 0 Å². The molecule has 0 heterocycles. The van der Waals surface area contributed by atoms with Crippen molar-refractivity contribution < 1.29 is 23.6 Å². The normalized spacial score (nSPS) is 13.3. The summed E-state index contributed by atoms with van der Waals surface area (Å²) in [7, 11) is -2.15. The van der Waals surface area contributed by atoms with E-state index in [1.165, 1.54) is 19.2 Å². The standard InChI is InChI=1S/C10H13N2O5P/c1-11-9(13)10(14)12(2)18(15,16)17-8-6-4-3-5-7-8/h3-7H,1-2H3,(H,11,13)(H,15,16). The predicted molar refractivity (Wildman–Crippen MR) is 63.7 cm³/mol. The van der Waals surface area contributed by atoms with Crippen LogP contribution in [0.5, 0.6) is 5.75 Å². The van der Waals surface area contributed by atoms with Crippen molar-refractivity contribution in [1.82, 2.24) is 9.99 Å². The minimum absolute atomic E-state index is 0.125. The molecular weight excluding hydrogens is 259 g/mol. The average molecular weight is 272 g/mol. The summed E-state index contributed by atoms with van der Waals surface area (Å²) < 4.78 is 17.0. The van der Waals surface area contributed by atoms with Gasteiger partial charge in [0.2, 0.25) is 0 Å². The number of hydrogen-bond acceptors (Lipinski definition) is 4. The zero-order valence-corrected chi connectivity index (χ0v) is 10.8. The maximum Gasteiger partial charge on any atom is 0.488 e. The highest BCUT2D eigenvalue weighted by Crippen LogP contribution is 2.45. The molecule has 0 bridgehead atoms. The smallest absolute Gasteiger partial charge is 0.409 e. The maximum absolute atomic E-state index is 11.8. The van der Waals surface area contributed by atoms with E-state index in [0.29, 0.717) is 4.67 Å².